The Labute approximate surface area is 250 Å². The standard InChI is InChI=1S/C31H36N6O5S/c1-5-25-27(29(32)39)37(30(34-25)28(38)26-11-8-16-33-26)17-21-12-14-22(15-13-21)24-10-7-6-9-23(24)20(4)43(40,41)36-31-18(2)19(3)35-42-31/h6-7,9-10,12-15,20,26,33,36H,5,8,11,16-17H2,1-4H3,(H2,32,39). The number of hydrogen-bond acceptors (Lipinski definition) is 8. The first kappa shape index (κ1) is 30.2. The Morgan fingerprint density at radius 2 is 1.88 bits per heavy atom. The number of carbonyl (C=O) groups excluding carboxylic acids is 2. The molecule has 2 atom stereocenters. The number of nitrogens with one attached hydrogen (secondary N) is 2. The summed E-state index contributed by atoms with van der Waals surface area (Å²) in [4.78, 5) is 30.4. The van der Waals surface area contributed by atoms with Gasteiger partial charge in [-0.15, -0.1) is 0 Å². The number of aryl methyl sites for hydroxylation is 2. The van der Waals surface area contributed by atoms with Crippen molar-refractivity contribution in [3.63, 3.8) is 0 Å². The van der Waals surface area contributed by atoms with Crippen molar-refractivity contribution >= 4 is 27.6 Å². The van der Waals surface area contributed by atoms with E-state index in [-0.39, 0.29) is 35.8 Å². The first-order valence-corrected chi connectivity index (χ1v) is 15.9. The summed E-state index contributed by atoms with van der Waals surface area (Å²) in [5, 5.41) is 6.15. The van der Waals surface area contributed by atoms with Gasteiger partial charge < -0.3 is 20.1 Å². The van der Waals surface area contributed by atoms with Gasteiger partial charge >= 0.3 is 0 Å². The number of nitrogens with two attached hydrogens (primary N) is 1. The Morgan fingerprint density at radius 3 is 2.49 bits per heavy atom. The number of Topliss-reactive ketones (excluding diaryl/α,β-unsaturated/α-hetero) is 1. The van der Waals surface area contributed by atoms with Crippen LogP contribution >= 0.6 is 0 Å². The quantitative estimate of drug-likeness (QED) is 0.213. The molecule has 1 aliphatic rings. The van der Waals surface area contributed by atoms with Crippen LogP contribution in [0.1, 0.15) is 81.1 Å². The topological polar surface area (TPSA) is 162 Å². The lowest BCUT2D eigenvalue weighted by Gasteiger charge is -2.18. The lowest BCUT2D eigenvalue weighted by Crippen LogP contribution is -2.33. The van der Waals surface area contributed by atoms with E-state index in [2.05, 4.69) is 20.2 Å². The molecule has 4 aromatic rings. The van der Waals surface area contributed by atoms with Crippen molar-refractivity contribution in [1.29, 1.82) is 0 Å². The van der Waals surface area contributed by atoms with Gasteiger partial charge in [-0.05, 0) is 68.8 Å². The minimum Gasteiger partial charge on any atom is -0.364 e. The van der Waals surface area contributed by atoms with E-state index in [4.69, 9.17) is 10.3 Å². The summed E-state index contributed by atoms with van der Waals surface area (Å²) < 4.78 is 36.0. The van der Waals surface area contributed by atoms with Gasteiger partial charge in [0.1, 0.15) is 10.9 Å². The van der Waals surface area contributed by atoms with Crippen LogP contribution in [-0.2, 0) is 23.0 Å². The minimum atomic E-state index is -3.86. The van der Waals surface area contributed by atoms with Crippen molar-refractivity contribution in [2.45, 2.75) is 64.8 Å². The number of nitrogens with zero attached hydrogens (tertiary/aromatic N) is 3. The highest BCUT2D eigenvalue weighted by molar-refractivity contribution is 7.92. The molecule has 0 aliphatic carbocycles. The van der Waals surface area contributed by atoms with E-state index in [1.165, 1.54) is 0 Å². The molecule has 2 aromatic heterocycles. The van der Waals surface area contributed by atoms with Gasteiger partial charge in [0, 0.05) is 12.1 Å². The number of ketones is 1. The third kappa shape index (κ3) is 5.98. The van der Waals surface area contributed by atoms with E-state index in [9.17, 15) is 18.0 Å². The number of primary amides is 1. The van der Waals surface area contributed by atoms with Crippen LogP contribution in [0.5, 0.6) is 0 Å². The Balaban J connectivity index is 1.44. The van der Waals surface area contributed by atoms with Crippen LogP contribution in [0, 0.1) is 13.8 Å². The molecule has 1 aliphatic heterocycles. The van der Waals surface area contributed by atoms with Gasteiger partial charge in [-0.3, -0.25) is 14.3 Å². The van der Waals surface area contributed by atoms with Crippen LogP contribution in [0.25, 0.3) is 11.1 Å². The molecule has 0 spiro atoms. The van der Waals surface area contributed by atoms with Crippen LogP contribution in [0.2, 0.25) is 0 Å². The largest absolute Gasteiger partial charge is 0.364 e. The van der Waals surface area contributed by atoms with Crippen molar-refractivity contribution < 1.29 is 22.5 Å². The highest BCUT2D eigenvalue weighted by atomic mass is 32.2. The van der Waals surface area contributed by atoms with E-state index in [1.807, 2.05) is 43.3 Å². The van der Waals surface area contributed by atoms with Crippen LogP contribution in [-0.4, -0.2) is 47.4 Å². The van der Waals surface area contributed by atoms with E-state index in [1.54, 1.807) is 37.5 Å². The monoisotopic (exact) mass is 604 g/mol. The fraction of sp³-hybridized carbons (Fsp3) is 0.355. The second-order valence-electron chi connectivity index (χ2n) is 10.8. The van der Waals surface area contributed by atoms with Gasteiger partial charge in [-0.2, -0.15) is 0 Å². The van der Waals surface area contributed by atoms with Crippen molar-refractivity contribution in [2.75, 3.05) is 11.3 Å². The Kier molecular flexibility index (Phi) is 8.52. The zero-order valence-corrected chi connectivity index (χ0v) is 25.5. The molecule has 1 saturated heterocycles. The van der Waals surface area contributed by atoms with Crippen molar-refractivity contribution in [1.82, 2.24) is 20.0 Å². The van der Waals surface area contributed by atoms with Gasteiger partial charge in [0.25, 0.3) is 5.91 Å². The summed E-state index contributed by atoms with van der Waals surface area (Å²) >= 11 is 0. The molecule has 226 valence electrons. The second kappa shape index (κ2) is 12.1. The first-order chi connectivity index (χ1) is 20.5. The van der Waals surface area contributed by atoms with Crippen LogP contribution in [0.3, 0.4) is 0 Å². The lowest BCUT2D eigenvalue weighted by molar-refractivity contribution is 0.0937. The Bertz CT molecular complexity index is 1770. The molecule has 0 radical (unpaired) electrons. The van der Waals surface area contributed by atoms with Crippen molar-refractivity contribution in [2.24, 2.45) is 5.73 Å². The van der Waals surface area contributed by atoms with Gasteiger partial charge in [0.15, 0.2) is 5.82 Å². The summed E-state index contributed by atoms with van der Waals surface area (Å²) in [6.07, 6.45) is 2.08. The molecule has 0 bridgehead atoms. The SMILES string of the molecule is CCc1nc(C(=O)C2CCCN2)n(Cc2ccc(-c3ccccc3C(C)S(=O)(=O)Nc3onc(C)c3C)cc2)c1C(N)=O. The number of anilines is 1. The van der Waals surface area contributed by atoms with E-state index >= 15 is 0 Å². The summed E-state index contributed by atoms with van der Waals surface area (Å²) in [7, 11) is -3.86. The highest BCUT2D eigenvalue weighted by Crippen LogP contribution is 2.34. The minimum absolute atomic E-state index is 0.105. The van der Waals surface area contributed by atoms with Gasteiger partial charge in [-0.25, -0.2) is 13.4 Å². The molecule has 12 heteroatoms. The average molecular weight is 605 g/mol. The molecule has 1 amide bonds. The van der Waals surface area contributed by atoms with Crippen molar-refractivity contribution in [3.05, 3.63) is 88.1 Å². The highest BCUT2D eigenvalue weighted by Gasteiger charge is 2.31. The van der Waals surface area contributed by atoms with Crippen LogP contribution in [0.15, 0.2) is 53.1 Å². The number of sulfonamides is 1. The Morgan fingerprint density at radius 1 is 1.16 bits per heavy atom. The van der Waals surface area contributed by atoms with Gasteiger partial charge in [0.05, 0.1) is 17.4 Å². The maximum absolute atomic E-state index is 13.4. The lowest BCUT2D eigenvalue weighted by atomic mass is 9.97. The number of amides is 1. The molecule has 11 nitrogen and oxygen atoms in total. The maximum atomic E-state index is 13.4. The third-order valence-electron chi connectivity index (χ3n) is 8.07. The van der Waals surface area contributed by atoms with Crippen molar-refractivity contribution in [3.8, 4) is 11.1 Å². The average Bonchev–Trinajstić information content (AvgIpc) is 3.73. The fourth-order valence-electron chi connectivity index (χ4n) is 5.41. The molecule has 2 aromatic carbocycles. The third-order valence-corrected chi connectivity index (χ3v) is 9.72. The molecule has 5 rings (SSSR count). The number of imidazole rings is 1. The second-order valence-corrected chi connectivity index (χ2v) is 12.8. The summed E-state index contributed by atoms with van der Waals surface area (Å²) in [5.41, 5.74) is 10.8. The normalized spacial score (nSPS) is 15.9. The number of carbonyl (C=O) groups is 2. The van der Waals surface area contributed by atoms with Gasteiger partial charge in [0.2, 0.25) is 21.7 Å². The van der Waals surface area contributed by atoms with E-state index in [0.29, 0.717) is 35.4 Å². The molecule has 43 heavy (non-hydrogen) atoms. The van der Waals surface area contributed by atoms with Crippen LogP contribution < -0.4 is 15.8 Å². The first-order valence-electron chi connectivity index (χ1n) is 14.3. The number of hydrogen-bond donors (Lipinski definition) is 3. The molecular weight excluding hydrogens is 568 g/mol. The number of benzene rings is 2. The zero-order chi connectivity index (χ0) is 30.9. The molecule has 2 unspecified atom stereocenters. The Hall–Kier alpha value is -4.29. The van der Waals surface area contributed by atoms with E-state index in [0.717, 1.165) is 29.7 Å². The molecule has 3 heterocycles. The summed E-state index contributed by atoms with van der Waals surface area (Å²) in [5.74, 6) is -0.449. The van der Waals surface area contributed by atoms with Gasteiger partial charge in [-0.1, -0.05) is 60.6 Å². The predicted octanol–water partition coefficient (Wildman–Crippen LogP) is 4.30. The van der Waals surface area contributed by atoms with Crippen LogP contribution in [0.4, 0.5) is 5.88 Å². The number of rotatable bonds is 11. The zero-order valence-electron chi connectivity index (χ0n) is 24.7. The number of aromatic nitrogens is 3. The molecule has 1 fully saturated rings. The predicted molar refractivity (Wildman–Crippen MR) is 163 cm³/mol. The fourth-order valence-corrected chi connectivity index (χ4v) is 6.58. The molecular formula is C31H36N6O5S. The molecule has 0 saturated carbocycles. The summed E-state index contributed by atoms with van der Waals surface area (Å²) in [6.45, 7) is 7.98. The van der Waals surface area contributed by atoms with E-state index < -0.39 is 21.2 Å². The molecule has 4 N–H and O–H groups in total. The smallest absolute Gasteiger partial charge is 0.267 e. The maximum Gasteiger partial charge on any atom is 0.267 e. The summed E-state index contributed by atoms with van der Waals surface area (Å²) in [6, 6.07) is 14.6.